The first-order chi connectivity index (χ1) is 7.42. The molecule has 0 radical (unpaired) electrons. The predicted molar refractivity (Wildman–Crippen MR) is 72.8 cm³/mol. The summed E-state index contributed by atoms with van der Waals surface area (Å²) in [4.78, 5) is 2.39. The van der Waals surface area contributed by atoms with Gasteiger partial charge in [0.05, 0.1) is 0 Å². The van der Waals surface area contributed by atoms with Gasteiger partial charge in [0.25, 0.3) is 0 Å². The second-order valence-corrected chi connectivity index (χ2v) is 5.48. The van der Waals surface area contributed by atoms with Gasteiger partial charge < -0.3 is 10.6 Å². The van der Waals surface area contributed by atoms with E-state index in [0.717, 1.165) is 18.8 Å². The number of hydrogen-bond donors (Lipinski definition) is 1. The third-order valence-corrected chi connectivity index (χ3v) is 2.77. The van der Waals surface area contributed by atoms with Gasteiger partial charge in [-0.2, -0.15) is 0 Å². The maximum atomic E-state index is 5.69. The lowest BCUT2D eigenvalue weighted by Gasteiger charge is -2.27. The van der Waals surface area contributed by atoms with Gasteiger partial charge in [0.1, 0.15) is 0 Å². The molecule has 0 fully saturated rings. The van der Waals surface area contributed by atoms with Gasteiger partial charge in [-0.3, -0.25) is 0 Å². The summed E-state index contributed by atoms with van der Waals surface area (Å²) >= 11 is 0. The van der Waals surface area contributed by atoms with Crippen LogP contribution in [0.15, 0.2) is 24.3 Å². The van der Waals surface area contributed by atoms with Gasteiger partial charge in [-0.05, 0) is 43.0 Å². The van der Waals surface area contributed by atoms with Crippen molar-refractivity contribution in [2.75, 3.05) is 23.7 Å². The molecule has 1 aromatic rings. The molecule has 0 aliphatic rings. The highest BCUT2D eigenvalue weighted by Crippen LogP contribution is 2.22. The van der Waals surface area contributed by atoms with Gasteiger partial charge in [0.2, 0.25) is 0 Å². The van der Waals surface area contributed by atoms with Crippen molar-refractivity contribution in [2.24, 2.45) is 5.41 Å². The zero-order chi connectivity index (χ0) is 12.2. The van der Waals surface area contributed by atoms with Crippen molar-refractivity contribution in [3.8, 4) is 0 Å². The minimum atomic E-state index is 0.390. The summed E-state index contributed by atoms with van der Waals surface area (Å²) in [6, 6.07) is 8.13. The van der Waals surface area contributed by atoms with Crippen molar-refractivity contribution in [1.29, 1.82) is 0 Å². The number of hydrogen-bond acceptors (Lipinski definition) is 2. The molecule has 0 spiro atoms. The van der Waals surface area contributed by atoms with Crippen LogP contribution >= 0.6 is 0 Å². The average molecular weight is 220 g/mol. The van der Waals surface area contributed by atoms with E-state index in [1.807, 2.05) is 12.1 Å². The van der Waals surface area contributed by atoms with Gasteiger partial charge in [0.15, 0.2) is 0 Å². The highest BCUT2D eigenvalue weighted by atomic mass is 15.1. The van der Waals surface area contributed by atoms with E-state index in [1.54, 1.807) is 0 Å². The Balaban J connectivity index is 2.64. The van der Waals surface area contributed by atoms with E-state index in [-0.39, 0.29) is 0 Å². The van der Waals surface area contributed by atoms with E-state index < -0.39 is 0 Å². The van der Waals surface area contributed by atoms with Crippen molar-refractivity contribution in [3.63, 3.8) is 0 Å². The van der Waals surface area contributed by atoms with Crippen molar-refractivity contribution in [3.05, 3.63) is 24.3 Å². The molecule has 0 saturated carbocycles. The van der Waals surface area contributed by atoms with Crippen LogP contribution in [0.2, 0.25) is 0 Å². The Kier molecular flexibility index (Phi) is 4.22. The number of nitrogens with two attached hydrogens (primary N) is 1. The molecule has 0 heterocycles. The van der Waals surface area contributed by atoms with Crippen molar-refractivity contribution >= 4 is 11.4 Å². The quantitative estimate of drug-likeness (QED) is 0.786. The van der Waals surface area contributed by atoms with Gasteiger partial charge in [-0.1, -0.05) is 20.8 Å². The minimum Gasteiger partial charge on any atom is -0.399 e. The Labute approximate surface area is 99.5 Å². The second-order valence-electron chi connectivity index (χ2n) is 5.48. The third-order valence-electron chi connectivity index (χ3n) is 2.77. The normalized spacial score (nSPS) is 11.5. The number of nitrogen functional groups attached to an aromatic ring is 1. The molecule has 2 heteroatoms. The van der Waals surface area contributed by atoms with Gasteiger partial charge in [-0.25, -0.2) is 0 Å². The van der Waals surface area contributed by atoms with Crippen LogP contribution in [-0.4, -0.2) is 13.1 Å². The molecule has 2 N–H and O–H groups in total. The molecular formula is C14H24N2. The summed E-state index contributed by atoms with van der Waals surface area (Å²) < 4.78 is 0. The van der Waals surface area contributed by atoms with Gasteiger partial charge in [-0.15, -0.1) is 0 Å². The predicted octanol–water partition coefficient (Wildman–Crippen LogP) is 3.53. The van der Waals surface area contributed by atoms with Crippen LogP contribution in [0.25, 0.3) is 0 Å². The van der Waals surface area contributed by atoms with Crippen molar-refractivity contribution in [1.82, 2.24) is 0 Å². The molecule has 0 aliphatic heterocycles. The van der Waals surface area contributed by atoms with Crippen LogP contribution in [0.5, 0.6) is 0 Å². The summed E-state index contributed by atoms with van der Waals surface area (Å²) in [5.74, 6) is 0. The zero-order valence-corrected chi connectivity index (χ0v) is 11.0. The van der Waals surface area contributed by atoms with Crippen LogP contribution in [0.1, 0.15) is 34.1 Å². The van der Waals surface area contributed by atoms with E-state index >= 15 is 0 Å². The molecule has 0 bridgehead atoms. The first-order valence-electron chi connectivity index (χ1n) is 6.03. The first kappa shape index (κ1) is 12.9. The molecule has 1 rings (SSSR count). The molecule has 0 saturated heterocycles. The number of nitrogens with zero attached hydrogens (tertiary/aromatic N) is 1. The highest BCUT2D eigenvalue weighted by molar-refractivity contribution is 5.52. The molecule has 2 nitrogen and oxygen atoms in total. The largest absolute Gasteiger partial charge is 0.399 e. The van der Waals surface area contributed by atoms with E-state index in [4.69, 9.17) is 5.73 Å². The van der Waals surface area contributed by atoms with Crippen molar-refractivity contribution < 1.29 is 0 Å². The smallest absolute Gasteiger partial charge is 0.0367 e. The topological polar surface area (TPSA) is 29.3 Å². The summed E-state index contributed by atoms with van der Waals surface area (Å²) in [6.07, 6.45) is 1.20. The van der Waals surface area contributed by atoms with Crippen LogP contribution < -0.4 is 10.6 Å². The number of benzene rings is 1. The standard InChI is InChI=1S/C14H24N2/c1-5-16(11-10-14(2,3)4)13-8-6-12(15)7-9-13/h6-9H,5,10-11,15H2,1-4H3. The summed E-state index contributed by atoms with van der Waals surface area (Å²) in [5, 5.41) is 0. The Morgan fingerprint density at radius 1 is 1.12 bits per heavy atom. The van der Waals surface area contributed by atoms with E-state index in [1.165, 1.54) is 12.1 Å². The number of rotatable bonds is 4. The van der Waals surface area contributed by atoms with E-state index in [0.29, 0.717) is 5.41 Å². The van der Waals surface area contributed by atoms with Gasteiger partial charge in [0, 0.05) is 24.5 Å². The molecular weight excluding hydrogens is 196 g/mol. The molecule has 0 amide bonds. The molecule has 0 aliphatic carbocycles. The number of anilines is 2. The van der Waals surface area contributed by atoms with Crippen LogP contribution in [0.3, 0.4) is 0 Å². The fraction of sp³-hybridized carbons (Fsp3) is 0.571. The highest BCUT2D eigenvalue weighted by Gasteiger charge is 2.12. The Morgan fingerprint density at radius 3 is 2.12 bits per heavy atom. The third kappa shape index (κ3) is 4.13. The van der Waals surface area contributed by atoms with Crippen LogP contribution in [0.4, 0.5) is 11.4 Å². The van der Waals surface area contributed by atoms with Crippen LogP contribution in [-0.2, 0) is 0 Å². The Bertz CT molecular complexity index is 309. The van der Waals surface area contributed by atoms with E-state index in [2.05, 4.69) is 44.7 Å². The Hall–Kier alpha value is -1.18. The maximum Gasteiger partial charge on any atom is 0.0367 e. The summed E-state index contributed by atoms with van der Waals surface area (Å²) in [5.41, 5.74) is 8.18. The molecule has 0 aromatic heterocycles. The second kappa shape index (κ2) is 5.24. The summed E-state index contributed by atoms with van der Waals surface area (Å²) in [7, 11) is 0. The van der Waals surface area contributed by atoms with Crippen molar-refractivity contribution in [2.45, 2.75) is 34.1 Å². The lowest BCUT2D eigenvalue weighted by molar-refractivity contribution is 0.379. The SMILES string of the molecule is CCN(CCC(C)(C)C)c1ccc(N)cc1. The molecule has 16 heavy (non-hydrogen) atoms. The Morgan fingerprint density at radius 2 is 1.69 bits per heavy atom. The first-order valence-corrected chi connectivity index (χ1v) is 6.03. The lowest BCUT2D eigenvalue weighted by atomic mass is 9.92. The lowest BCUT2D eigenvalue weighted by Crippen LogP contribution is -2.27. The molecule has 90 valence electrons. The summed E-state index contributed by atoms with van der Waals surface area (Å²) in [6.45, 7) is 11.2. The fourth-order valence-corrected chi connectivity index (χ4v) is 1.63. The fourth-order valence-electron chi connectivity index (χ4n) is 1.63. The zero-order valence-electron chi connectivity index (χ0n) is 11.0. The van der Waals surface area contributed by atoms with Crippen LogP contribution in [0, 0.1) is 5.41 Å². The maximum absolute atomic E-state index is 5.69. The van der Waals surface area contributed by atoms with Gasteiger partial charge >= 0.3 is 0 Å². The monoisotopic (exact) mass is 220 g/mol. The molecule has 0 unspecified atom stereocenters. The average Bonchev–Trinajstić information content (AvgIpc) is 2.20. The molecule has 1 aromatic carbocycles. The molecule has 0 atom stereocenters. The van der Waals surface area contributed by atoms with E-state index in [9.17, 15) is 0 Å². The minimum absolute atomic E-state index is 0.390.